The number of ketones is 1. The highest BCUT2D eigenvalue weighted by molar-refractivity contribution is 7.99. The molecule has 14 heavy (non-hydrogen) atoms. The summed E-state index contributed by atoms with van der Waals surface area (Å²) in [4.78, 5) is 11.4. The molecule has 2 heteroatoms. The Morgan fingerprint density at radius 3 is 2.29 bits per heavy atom. The smallest absolute Gasteiger partial charge is 0.142 e. The monoisotopic (exact) mass is 216 g/mol. The predicted octanol–water partition coefficient (Wildman–Crippen LogP) is 3.77. The highest BCUT2D eigenvalue weighted by Crippen LogP contribution is 2.11. The third kappa shape index (κ3) is 10.1. The Hall–Kier alpha value is 0.0200. The van der Waals surface area contributed by atoms with Crippen LogP contribution in [0.3, 0.4) is 0 Å². The average molecular weight is 216 g/mol. The van der Waals surface area contributed by atoms with Gasteiger partial charge in [0.05, 0.1) is 5.75 Å². The molecule has 0 atom stereocenters. The van der Waals surface area contributed by atoms with Gasteiger partial charge >= 0.3 is 0 Å². The van der Waals surface area contributed by atoms with Gasteiger partial charge in [0.1, 0.15) is 5.78 Å². The Morgan fingerprint density at radius 2 is 1.79 bits per heavy atom. The summed E-state index contributed by atoms with van der Waals surface area (Å²) in [7, 11) is 0. The van der Waals surface area contributed by atoms with E-state index in [0.717, 1.165) is 30.3 Å². The lowest BCUT2D eigenvalue weighted by molar-refractivity contribution is -0.116. The Kier molecular flexibility index (Phi) is 8.35. The molecule has 0 aromatic rings. The van der Waals surface area contributed by atoms with Crippen molar-refractivity contribution in [2.24, 2.45) is 11.8 Å². The van der Waals surface area contributed by atoms with Gasteiger partial charge in [-0.25, -0.2) is 0 Å². The van der Waals surface area contributed by atoms with E-state index in [1.165, 1.54) is 6.42 Å². The first-order chi connectivity index (χ1) is 6.52. The molecule has 0 N–H and O–H groups in total. The van der Waals surface area contributed by atoms with Gasteiger partial charge in [0.25, 0.3) is 0 Å². The van der Waals surface area contributed by atoms with E-state index in [0.29, 0.717) is 11.7 Å². The van der Waals surface area contributed by atoms with Crippen molar-refractivity contribution in [1.29, 1.82) is 0 Å². The minimum Gasteiger partial charge on any atom is -0.299 e. The maximum absolute atomic E-state index is 11.4. The Bertz CT molecular complexity index is 136. The van der Waals surface area contributed by atoms with Gasteiger partial charge in [-0.1, -0.05) is 34.1 Å². The SMILES string of the molecule is CC(C)CCCC(=O)CSCC(C)C. The third-order valence-electron chi connectivity index (χ3n) is 1.95. The first-order valence-electron chi connectivity index (χ1n) is 5.61. The molecule has 84 valence electrons. The Balaban J connectivity index is 3.28. The van der Waals surface area contributed by atoms with E-state index in [2.05, 4.69) is 27.7 Å². The number of hydrogen-bond donors (Lipinski definition) is 0. The van der Waals surface area contributed by atoms with Gasteiger partial charge in [-0.2, -0.15) is 11.8 Å². The lowest BCUT2D eigenvalue weighted by Crippen LogP contribution is -2.04. The molecule has 0 aromatic carbocycles. The summed E-state index contributed by atoms with van der Waals surface area (Å²) in [6, 6.07) is 0. The van der Waals surface area contributed by atoms with E-state index < -0.39 is 0 Å². The Morgan fingerprint density at radius 1 is 1.14 bits per heavy atom. The third-order valence-corrected chi connectivity index (χ3v) is 3.38. The van der Waals surface area contributed by atoms with E-state index in [1.54, 1.807) is 11.8 Å². The van der Waals surface area contributed by atoms with Crippen LogP contribution in [0.1, 0.15) is 47.0 Å². The van der Waals surface area contributed by atoms with E-state index >= 15 is 0 Å². The van der Waals surface area contributed by atoms with Crippen molar-refractivity contribution >= 4 is 17.5 Å². The highest BCUT2D eigenvalue weighted by Gasteiger charge is 2.03. The second-order valence-electron chi connectivity index (χ2n) is 4.73. The minimum atomic E-state index is 0.427. The normalized spacial score (nSPS) is 11.3. The zero-order valence-corrected chi connectivity index (χ0v) is 10.8. The standard InChI is InChI=1S/C12H24OS/c1-10(2)6-5-7-12(13)9-14-8-11(3)4/h10-11H,5-9H2,1-4H3. The zero-order chi connectivity index (χ0) is 11.0. The molecule has 0 amide bonds. The number of thioether (sulfide) groups is 1. The molecular weight excluding hydrogens is 192 g/mol. The lowest BCUT2D eigenvalue weighted by Gasteiger charge is -2.05. The fraction of sp³-hybridized carbons (Fsp3) is 0.917. The van der Waals surface area contributed by atoms with Crippen LogP contribution in [0, 0.1) is 11.8 Å². The van der Waals surface area contributed by atoms with Crippen LogP contribution < -0.4 is 0 Å². The van der Waals surface area contributed by atoms with Crippen LogP contribution in [-0.4, -0.2) is 17.3 Å². The van der Waals surface area contributed by atoms with E-state index in [9.17, 15) is 4.79 Å². The molecule has 0 rings (SSSR count). The summed E-state index contributed by atoms with van der Waals surface area (Å²) >= 11 is 1.78. The van der Waals surface area contributed by atoms with Gasteiger partial charge in [0, 0.05) is 6.42 Å². The summed E-state index contributed by atoms with van der Waals surface area (Å²) in [5, 5.41) is 0. The molecule has 0 unspecified atom stereocenters. The molecule has 0 aliphatic heterocycles. The molecule has 0 saturated heterocycles. The van der Waals surface area contributed by atoms with Crippen molar-refractivity contribution in [1.82, 2.24) is 0 Å². The van der Waals surface area contributed by atoms with Crippen molar-refractivity contribution in [2.45, 2.75) is 47.0 Å². The molecule has 0 spiro atoms. The first-order valence-corrected chi connectivity index (χ1v) is 6.77. The molecule has 0 aliphatic rings. The molecule has 0 aliphatic carbocycles. The van der Waals surface area contributed by atoms with Crippen LogP contribution in [0.2, 0.25) is 0 Å². The van der Waals surface area contributed by atoms with Gasteiger partial charge in [-0.15, -0.1) is 0 Å². The second kappa shape index (κ2) is 8.34. The molecule has 0 bridgehead atoms. The van der Waals surface area contributed by atoms with Crippen molar-refractivity contribution in [3.05, 3.63) is 0 Å². The highest BCUT2D eigenvalue weighted by atomic mass is 32.2. The fourth-order valence-corrected chi connectivity index (χ4v) is 2.15. The minimum absolute atomic E-state index is 0.427. The summed E-state index contributed by atoms with van der Waals surface area (Å²) in [5.74, 6) is 3.68. The molecular formula is C12H24OS. The maximum Gasteiger partial charge on any atom is 0.142 e. The van der Waals surface area contributed by atoms with Gasteiger partial charge in [-0.3, -0.25) is 4.79 Å². The number of rotatable bonds is 8. The van der Waals surface area contributed by atoms with Crippen molar-refractivity contribution in [3.63, 3.8) is 0 Å². The van der Waals surface area contributed by atoms with Crippen LogP contribution in [0.15, 0.2) is 0 Å². The number of hydrogen-bond acceptors (Lipinski definition) is 2. The molecule has 0 heterocycles. The van der Waals surface area contributed by atoms with Crippen LogP contribution >= 0.6 is 11.8 Å². The number of carbonyl (C=O) groups excluding carboxylic acids is 1. The van der Waals surface area contributed by atoms with Gasteiger partial charge in [0.15, 0.2) is 0 Å². The predicted molar refractivity (Wildman–Crippen MR) is 65.9 cm³/mol. The summed E-state index contributed by atoms with van der Waals surface area (Å²) in [6.07, 6.45) is 3.03. The summed E-state index contributed by atoms with van der Waals surface area (Å²) in [5.41, 5.74) is 0. The van der Waals surface area contributed by atoms with Crippen LogP contribution in [-0.2, 0) is 4.79 Å². The van der Waals surface area contributed by atoms with Gasteiger partial charge in [0.2, 0.25) is 0 Å². The second-order valence-corrected chi connectivity index (χ2v) is 5.76. The van der Waals surface area contributed by atoms with Crippen molar-refractivity contribution < 1.29 is 4.79 Å². The van der Waals surface area contributed by atoms with Gasteiger partial charge < -0.3 is 0 Å². The fourth-order valence-electron chi connectivity index (χ4n) is 1.19. The molecule has 0 saturated carbocycles. The zero-order valence-electron chi connectivity index (χ0n) is 10.0. The largest absolute Gasteiger partial charge is 0.299 e. The molecule has 1 nitrogen and oxygen atoms in total. The number of Topliss-reactive ketones (excluding diaryl/α,β-unsaturated/α-hetero) is 1. The van der Waals surface area contributed by atoms with Crippen LogP contribution in [0.4, 0.5) is 0 Å². The van der Waals surface area contributed by atoms with Crippen molar-refractivity contribution in [3.8, 4) is 0 Å². The van der Waals surface area contributed by atoms with E-state index in [4.69, 9.17) is 0 Å². The number of carbonyl (C=O) groups is 1. The lowest BCUT2D eigenvalue weighted by atomic mass is 10.1. The molecule has 0 radical (unpaired) electrons. The molecule has 0 aromatic heterocycles. The summed E-state index contributed by atoms with van der Waals surface area (Å²) in [6.45, 7) is 8.79. The first kappa shape index (κ1) is 14.0. The van der Waals surface area contributed by atoms with E-state index in [1.807, 2.05) is 0 Å². The summed E-state index contributed by atoms with van der Waals surface area (Å²) < 4.78 is 0. The quantitative estimate of drug-likeness (QED) is 0.614. The van der Waals surface area contributed by atoms with Crippen LogP contribution in [0.25, 0.3) is 0 Å². The van der Waals surface area contributed by atoms with Crippen molar-refractivity contribution in [2.75, 3.05) is 11.5 Å². The van der Waals surface area contributed by atoms with Crippen LogP contribution in [0.5, 0.6) is 0 Å². The topological polar surface area (TPSA) is 17.1 Å². The maximum atomic E-state index is 11.4. The average Bonchev–Trinajstić information content (AvgIpc) is 2.02. The molecule has 0 fully saturated rings. The van der Waals surface area contributed by atoms with Gasteiger partial charge in [-0.05, 0) is 24.0 Å². The van der Waals surface area contributed by atoms with E-state index in [-0.39, 0.29) is 0 Å². The Labute approximate surface area is 93.0 Å².